The van der Waals surface area contributed by atoms with Gasteiger partial charge in [-0.05, 0) is 25.9 Å². The standard InChI is InChI=1S/C7H15N/c1-3-7-4-5-8(2)6-7/h7H,3-6H2,1-2H3/t7-/m1/s1. The van der Waals surface area contributed by atoms with Gasteiger partial charge in [-0.15, -0.1) is 0 Å². The highest BCUT2D eigenvalue weighted by molar-refractivity contribution is 4.70. The lowest BCUT2D eigenvalue weighted by atomic mass is 10.1. The minimum atomic E-state index is 1.000. The summed E-state index contributed by atoms with van der Waals surface area (Å²) in [4.78, 5) is 2.41. The zero-order valence-corrected chi connectivity index (χ0v) is 5.85. The first kappa shape index (κ1) is 6.09. The number of hydrogen-bond donors (Lipinski definition) is 0. The second-order valence-electron chi connectivity index (χ2n) is 2.83. The lowest BCUT2D eigenvalue weighted by Gasteiger charge is -2.05. The van der Waals surface area contributed by atoms with E-state index in [0.29, 0.717) is 0 Å². The normalized spacial score (nSPS) is 31.5. The highest BCUT2D eigenvalue weighted by Crippen LogP contribution is 2.16. The second kappa shape index (κ2) is 2.49. The first-order valence-corrected chi connectivity index (χ1v) is 3.51. The number of likely N-dealkylation sites (tertiary alicyclic amines) is 1. The van der Waals surface area contributed by atoms with Gasteiger partial charge in [0.25, 0.3) is 0 Å². The molecular formula is C7H15N. The Morgan fingerprint density at radius 2 is 2.38 bits per heavy atom. The molecule has 1 atom stereocenters. The molecule has 0 N–H and O–H groups in total. The van der Waals surface area contributed by atoms with Crippen molar-refractivity contribution in [3.05, 3.63) is 0 Å². The summed E-state index contributed by atoms with van der Waals surface area (Å²) >= 11 is 0. The van der Waals surface area contributed by atoms with Crippen LogP contribution in [0.25, 0.3) is 0 Å². The lowest BCUT2D eigenvalue weighted by Crippen LogP contribution is -2.13. The van der Waals surface area contributed by atoms with Crippen LogP contribution in [0.2, 0.25) is 0 Å². The Morgan fingerprint density at radius 3 is 2.62 bits per heavy atom. The molecule has 0 bridgehead atoms. The molecule has 1 aliphatic rings. The Labute approximate surface area is 51.7 Å². The van der Waals surface area contributed by atoms with Crippen LogP contribution in [0.15, 0.2) is 0 Å². The maximum absolute atomic E-state index is 2.41. The van der Waals surface area contributed by atoms with Crippen molar-refractivity contribution in [3.8, 4) is 0 Å². The third-order valence-corrected chi connectivity index (χ3v) is 2.07. The van der Waals surface area contributed by atoms with Crippen LogP contribution in [-0.4, -0.2) is 25.0 Å². The Bertz CT molecular complexity index is 70.8. The molecule has 1 heterocycles. The second-order valence-corrected chi connectivity index (χ2v) is 2.83. The van der Waals surface area contributed by atoms with E-state index in [0.717, 1.165) is 5.92 Å². The summed E-state index contributed by atoms with van der Waals surface area (Å²) in [6, 6.07) is 0. The van der Waals surface area contributed by atoms with Crippen molar-refractivity contribution in [1.29, 1.82) is 0 Å². The highest BCUT2D eigenvalue weighted by Gasteiger charge is 2.16. The molecule has 48 valence electrons. The third-order valence-electron chi connectivity index (χ3n) is 2.07. The van der Waals surface area contributed by atoms with E-state index in [9.17, 15) is 0 Å². The summed E-state index contributed by atoms with van der Waals surface area (Å²) in [6.45, 7) is 4.93. The van der Waals surface area contributed by atoms with Crippen molar-refractivity contribution in [2.45, 2.75) is 19.8 Å². The fraction of sp³-hybridized carbons (Fsp3) is 1.00. The minimum Gasteiger partial charge on any atom is -0.306 e. The van der Waals surface area contributed by atoms with Crippen LogP contribution in [0, 0.1) is 5.92 Å². The average molecular weight is 113 g/mol. The number of rotatable bonds is 1. The van der Waals surface area contributed by atoms with Crippen LogP contribution in [0.3, 0.4) is 0 Å². The summed E-state index contributed by atoms with van der Waals surface area (Å²) in [5.74, 6) is 1.000. The molecule has 1 fully saturated rings. The van der Waals surface area contributed by atoms with Gasteiger partial charge in [0.05, 0.1) is 0 Å². The van der Waals surface area contributed by atoms with Gasteiger partial charge in [0, 0.05) is 6.54 Å². The number of hydrogen-bond acceptors (Lipinski definition) is 1. The SMILES string of the molecule is CC[C@@H]1CCN(C)C1. The van der Waals surface area contributed by atoms with Gasteiger partial charge in [0.2, 0.25) is 0 Å². The van der Waals surface area contributed by atoms with Crippen LogP contribution < -0.4 is 0 Å². The van der Waals surface area contributed by atoms with E-state index in [2.05, 4.69) is 18.9 Å². The van der Waals surface area contributed by atoms with Gasteiger partial charge >= 0.3 is 0 Å². The molecule has 1 rings (SSSR count). The van der Waals surface area contributed by atoms with E-state index < -0.39 is 0 Å². The van der Waals surface area contributed by atoms with Crippen LogP contribution in [0.1, 0.15) is 19.8 Å². The lowest BCUT2D eigenvalue weighted by molar-refractivity contribution is 0.392. The minimum absolute atomic E-state index is 1.000. The molecule has 1 aliphatic heterocycles. The summed E-state index contributed by atoms with van der Waals surface area (Å²) in [5, 5.41) is 0. The molecule has 1 nitrogen and oxygen atoms in total. The van der Waals surface area contributed by atoms with Crippen molar-refractivity contribution in [2.24, 2.45) is 5.92 Å². The molecule has 0 saturated carbocycles. The van der Waals surface area contributed by atoms with E-state index in [1.165, 1.54) is 25.9 Å². The van der Waals surface area contributed by atoms with Crippen LogP contribution >= 0.6 is 0 Å². The van der Waals surface area contributed by atoms with Gasteiger partial charge < -0.3 is 4.90 Å². The molecule has 0 aromatic rings. The van der Waals surface area contributed by atoms with E-state index >= 15 is 0 Å². The molecule has 0 aliphatic carbocycles. The number of nitrogens with zero attached hydrogens (tertiary/aromatic N) is 1. The molecule has 0 unspecified atom stereocenters. The highest BCUT2D eigenvalue weighted by atomic mass is 15.1. The van der Waals surface area contributed by atoms with Crippen molar-refractivity contribution in [2.75, 3.05) is 20.1 Å². The topological polar surface area (TPSA) is 3.24 Å². The first-order valence-electron chi connectivity index (χ1n) is 3.51. The van der Waals surface area contributed by atoms with Crippen LogP contribution in [-0.2, 0) is 0 Å². The largest absolute Gasteiger partial charge is 0.306 e. The first-order chi connectivity index (χ1) is 3.83. The quantitative estimate of drug-likeness (QED) is 0.496. The predicted octanol–water partition coefficient (Wildman–Crippen LogP) is 1.35. The average Bonchev–Trinajstić information content (AvgIpc) is 2.14. The molecule has 0 radical (unpaired) electrons. The fourth-order valence-electron chi connectivity index (χ4n) is 1.36. The van der Waals surface area contributed by atoms with Crippen molar-refractivity contribution in [1.82, 2.24) is 4.90 Å². The molecule has 0 aromatic heterocycles. The van der Waals surface area contributed by atoms with E-state index in [-0.39, 0.29) is 0 Å². The maximum Gasteiger partial charge on any atom is 0.000698 e. The van der Waals surface area contributed by atoms with Gasteiger partial charge in [0.1, 0.15) is 0 Å². The van der Waals surface area contributed by atoms with Crippen LogP contribution in [0.4, 0.5) is 0 Å². The molecule has 0 spiro atoms. The zero-order chi connectivity index (χ0) is 5.98. The van der Waals surface area contributed by atoms with Crippen molar-refractivity contribution < 1.29 is 0 Å². The van der Waals surface area contributed by atoms with Crippen molar-refractivity contribution in [3.63, 3.8) is 0 Å². The summed E-state index contributed by atoms with van der Waals surface area (Å²) in [7, 11) is 2.20. The van der Waals surface area contributed by atoms with Gasteiger partial charge in [-0.3, -0.25) is 0 Å². The van der Waals surface area contributed by atoms with Crippen LogP contribution in [0.5, 0.6) is 0 Å². The smallest absolute Gasteiger partial charge is 0.000698 e. The molecular weight excluding hydrogens is 98.1 g/mol. The van der Waals surface area contributed by atoms with E-state index in [1.807, 2.05) is 0 Å². The van der Waals surface area contributed by atoms with E-state index in [4.69, 9.17) is 0 Å². The Kier molecular flexibility index (Phi) is 1.90. The molecule has 0 amide bonds. The Morgan fingerprint density at radius 1 is 1.62 bits per heavy atom. The van der Waals surface area contributed by atoms with Gasteiger partial charge in [0.15, 0.2) is 0 Å². The van der Waals surface area contributed by atoms with E-state index in [1.54, 1.807) is 0 Å². The predicted molar refractivity (Wildman–Crippen MR) is 35.9 cm³/mol. The zero-order valence-electron chi connectivity index (χ0n) is 5.85. The summed E-state index contributed by atoms with van der Waals surface area (Å²) < 4.78 is 0. The Balaban J connectivity index is 2.22. The maximum atomic E-state index is 2.41. The Hall–Kier alpha value is -0.0400. The van der Waals surface area contributed by atoms with Gasteiger partial charge in [-0.1, -0.05) is 13.3 Å². The monoisotopic (exact) mass is 113 g/mol. The summed E-state index contributed by atoms with van der Waals surface area (Å²) in [6.07, 6.45) is 2.79. The fourth-order valence-corrected chi connectivity index (χ4v) is 1.36. The van der Waals surface area contributed by atoms with Crippen molar-refractivity contribution >= 4 is 0 Å². The molecule has 0 aromatic carbocycles. The third kappa shape index (κ3) is 1.22. The molecule has 1 heteroatoms. The van der Waals surface area contributed by atoms with Gasteiger partial charge in [-0.25, -0.2) is 0 Å². The molecule has 1 saturated heterocycles. The summed E-state index contributed by atoms with van der Waals surface area (Å²) in [5.41, 5.74) is 0. The van der Waals surface area contributed by atoms with Gasteiger partial charge in [-0.2, -0.15) is 0 Å². The molecule has 8 heavy (non-hydrogen) atoms.